The van der Waals surface area contributed by atoms with E-state index in [1.54, 1.807) is 0 Å². The number of benzene rings is 1. The number of para-hydroxylation sites is 1. The predicted octanol–water partition coefficient (Wildman–Crippen LogP) is 1.70. The summed E-state index contributed by atoms with van der Waals surface area (Å²) in [6, 6.07) is 9.62. The lowest BCUT2D eigenvalue weighted by molar-refractivity contribution is -0.126. The standard InChI is InChI=1S/C15H22N2O2/c16-14-9-5-4-8-13(14)15(18)17-10-11-19-12-6-2-1-3-7-12/h1-3,6-7,13-14H,4-5,8-11,16H2,(H,17,18)/t13-,14+/m1/s1. The Labute approximate surface area is 114 Å². The number of nitrogens with two attached hydrogens (primary N) is 1. The highest BCUT2D eigenvalue weighted by Gasteiger charge is 2.27. The molecule has 19 heavy (non-hydrogen) atoms. The van der Waals surface area contributed by atoms with Gasteiger partial charge in [-0.2, -0.15) is 0 Å². The molecule has 1 aliphatic carbocycles. The van der Waals surface area contributed by atoms with Crippen molar-refractivity contribution in [3.63, 3.8) is 0 Å². The minimum atomic E-state index is -0.0227. The van der Waals surface area contributed by atoms with Gasteiger partial charge in [0.15, 0.2) is 0 Å². The van der Waals surface area contributed by atoms with Gasteiger partial charge >= 0.3 is 0 Å². The molecule has 0 aliphatic heterocycles. The number of amides is 1. The lowest BCUT2D eigenvalue weighted by Crippen LogP contribution is -2.44. The van der Waals surface area contributed by atoms with Gasteiger partial charge in [0.2, 0.25) is 5.91 Å². The van der Waals surface area contributed by atoms with Crippen molar-refractivity contribution in [1.29, 1.82) is 0 Å². The van der Waals surface area contributed by atoms with Crippen LogP contribution in [0.5, 0.6) is 5.75 Å². The van der Waals surface area contributed by atoms with Gasteiger partial charge in [0.25, 0.3) is 0 Å². The van der Waals surface area contributed by atoms with Crippen LogP contribution in [0.4, 0.5) is 0 Å². The van der Waals surface area contributed by atoms with Crippen LogP contribution in [0.3, 0.4) is 0 Å². The Bertz CT molecular complexity index is 394. The van der Waals surface area contributed by atoms with E-state index in [0.717, 1.165) is 31.4 Å². The Hall–Kier alpha value is -1.55. The Morgan fingerprint density at radius 2 is 2.00 bits per heavy atom. The summed E-state index contributed by atoms with van der Waals surface area (Å²) in [5, 5.41) is 2.91. The van der Waals surface area contributed by atoms with Crippen LogP contribution in [0.2, 0.25) is 0 Å². The van der Waals surface area contributed by atoms with Crippen LogP contribution in [-0.4, -0.2) is 25.1 Å². The van der Waals surface area contributed by atoms with Crippen LogP contribution >= 0.6 is 0 Å². The van der Waals surface area contributed by atoms with Crippen LogP contribution in [0.25, 0.3) is 0 Å². The first-order chi connectivity index (χ1) is 9.27. The first-order valence-electron chi connectivity index (χ1n) is 6.98. The molecule has 4 nitrogen and oxygen atoms in total. The third-order valence-corrected chi connectivity index (χ3v) is 3.57. The molecule has 0 saturated heterocycles. The molecular formula is C15H22N2O2. The summed E-state index contributed by atoms with van der Waals surface area (Å²) >= 11 is 0. The fraction of sp³-hybridized carbons (Fsp3) is 0.533. The summed E-state index contributed by atoms with van der Waals surface area (Å²) in [5.74, 6) is 0.875. The Morgan fingerprint density at radius 3 is 2.74 bits per heavy atom. The van der Waals surface area contributed by atoms with Crippen molar-refractivity contribution < 1.29 is 9.53 Å². The number of carbonyl (C=O) groups excluding carboxylic acids is 1. The van der Waals surface area contributed by atoms with Crippen LogP contribution in [-0.2, 0) is 4.79 Å². The fourth-order valence-electron chi connectivity index (χ4n) is 2.48. The molecule has 1 saturated carbocycles. The van der Waals surface area contributed by atoms with Crippen LogP contribution in [0.1, 0.15) is 25.7 Å². The van der Waals surface area contributed by atoms with Crippen LogP contribution < -0.4 is 15.8 Å². The Balaban J connectivity index is 1.66. The summed E-state index contributed by atoms with van der Waals surface area (Å²) in [6.07, 6.45) is 4.11. The minimum Gasteiger partial charge on any atom is -0.492 e. The van der Waals surface area contributed by atoms with Crippen molar-refractivity contribution in [2.75, 3.05) is 13.2 Å². The summed E-state index contributed by atoms with van der Waals surface area (Å²) in [4.78, 5) is 12.0. The summed E-state index contributed by atoms with van der Waals surface area (Å²) < 4.78 is 5.52. The Morgan fingerprint density at radius 1 is 1.26 bits per heavy atom. The second kappa shape index (κ2) is 7.14. The van der Waals surface area contributed by atoms with Gasteiger partial charge in [0.05, 0.1) is 12.5 Å². The molecule has 2 atom stereocenters. The number of hydrogen-bond donors (Lipinski definition) is 2. The maximum absolute atomic E-state index is 12.0. The topological polar surface area (TPSA) is 64.4 Å². The summed E-state index contributed by atoms with van der Waals surface area (Å²) in [6.45, 7) is 1.01. The number of carbonyl (C=O) groups is 1. The molecule has 104 valence electrons. The maximum Gasteiger partial charge on any atom is 0.224 e. The fourth-order valence-corrected chi connectivity index (χ4v) is 2.48. The molecule has 1 aliphatic rings. The summed E-state index contributed by atoms with van der Waals surface area (Å²) in [5.41, 5.74) is 5.98. The molecule has 1 aromatic carbocycles. The predicted molar refractivity (Wildman–Crippen MR) is 74.9 cm³/mol. The Kier molecular flexibility index (Phi) is 5.21. The van der Waals surface area contributed by atoms with E-state index in [9.17, 15) is 4.79 Å². The molecule has 1 fully saturated rings. The molecule has 3 N–H and O–H groups in total. The van der Waals surface area contributed by atoms with E-state index in [2.05, 4.69) is 5.32 Å². The van der Waals surface area contributed by atoms with Gasteiger partial charge in [-0.05, 0) is 25.0 Å². The van der Waals surface area contributed by atoms with Gasteiger partial charge in [-0.3, -0.25) is 4.79 Å². The van der Waals surface area contributed by atoms with E-state index in [4.69, 9.17) is 10.5 Å². The van der Waals surface area contributed by atoms with Crippen molar-refractivity contribution in [3.8, 4) is 5.75 Å². The van der Waals surface area contributed by atoms with Crippen molar-refractivity contribution in [3.05, 3.63) is 30.3 Å². The van der Waals surface area contributed by atoms with E-state index >= 15 is 0 Å². The minimum absolute atomic E-state index is 0.0174. The molecule has 4 heteroatoms. The molecule has 0 aromatic heterocycles. The van der Waals surface area contributed by atoms with Crippen molar-refractivity contribution in [2.24, 2.45) is 11.7 Å². The monoisotopic (exact) mass is 262 g/mol. The van der Waals surface area contributed by atoms with Crippen molar-refractivity contribution >= 4 is 5.91 Å². The maximum atomic E-state index is 12.0. The van der Waals surface area contributed by atoms with Crippen molar-refractivity contribution in [2.45, 2.75) is 31.7 Å². The number of hydrogen-bond acceptors (Lipinski definition) is 3. The van der Waals surface area contributed by atoms with Crippen LogP contribution in [0, 0.1) is 5.92 Å². The molecule has 0 spiro atoms. The van der Waals surface area contributed by atoms with Gasteiger partial charge in [-0.25, -0.2) is 0 Å². The van der Waals surface area contributed by atoms with Crippen molar-refractivity contribution in [1.82, 2.24) is 5.32 Å². The molecular weight excluding hydrogens is 240 g/mol. The van der Waals surface area contributed by atoms with Gasteiger partial charge < -0.3 is 15.8 Å². The highest BCUT2D eigenvalue weighted by atomic mass is 16.5. The SMILES string of the molecule is N[C@H]1CCCC[C@H]1C(=O)NCCOc1ccccc1. The molecule has 0 radical (unpaired) electrons. The number of rotatable bonds is 5. The lowest BCUT2D eigenvalue weighted by Gasteiger charge is -2.27. The highest BCUT2D eigenvalue weighted by Crippen LogP contribution is 2.22. The van der Waals surface area contributed by atoms with Crippen LogP contribution in [0.15, 0.2) is 30.3 Å². The molecule has 1 amide bonds. The molecule has 2 rings (SSSR count). The van der Waals surface area contributed by atoms with Gasteiger partial charge in [-0.15, -0.1) is 0 Å². The van der Waals surface area contributed by atoms with E-state index in [0.29, 0.717) is 13.2 Å². The number of nitrogens with one attached hydrogen (secondary N) is 1. The second-order valence-electron chi connectivity index (χ2n) is 5.01. The highest BCUT2D eigenvalue weighted by molar-refractivity contribution is 5.79. The second-order valence-corrected chi connectivity index (χ2v) is 5.01. The van der Waals surface area contributed by atoms with E-state index in [1.807, 2.05) is 30.3 Å². The quantitative estimate of drug-likeness (QED) is 0.794. The zero-order chi connectivity index (χ0) is 13.5. The largest absolute Gasteiger partial charge is 0.492 e. The average Bonchev–Trinajstić information content (AvgIpc) is 2.45. The molecule has 0 unspecified atom stereocenters. The van der Waals surface area contributed by atoms with E-state index in [-0.39, 0.29) is 17.9 Å². The van der Waals surface area contributed by atoms with Gasteiger partial charge in [0, 0.05) is 6.04 Å². The third kappa shape index (κ3) is 4.24. The summed E-state index contributed by atoms with van der Waals surface area (Å²) in [7, 11) is 0. The normalized spacial score (nSPS) is 22.8. The zero-order valence-corrected chi connectivity index (χ0v) is 11.2. The van der Waals surface area contributed by atoms with Gasteiger partial charge in [-0.1, -0.05) is 31.0 Å². The van der Waals surface area contributed by atoms with E-state index < -0.39 is 0 Å². The average molecular weight is 262 g/mol. The number of ether oxygens (including phenoxy) is 1. The lowest BCUT2D eigenvalue weighted by atomic mass is 9.84. The van der Waals surface area contributed by atoms with E-state index in [1.165, 1.54) is 0 Å². The zero-order valence-electron chi connectivity index (χ0n) is 11.2. The first kappa shape index (κ1) is 13.9. The molecule has 1 aromatic rings. The van der Waals surface area contributed by atoms with Gasteiger partial charge in [0.1, 0.15) is 12.4 Å². The third-order valence-electron chi connectivity index (χ3n) is 3.57. The molecule has 0 heterocycles. The first-order valence-corrected chi connectivity index (χ1v) is 6.98. The smallest absolute Gasteiger partial charge is 0.224 e. The molecule has 0 bridgehead atoms.